The van der Waals surface area contributed by atoms with Crippen molar-refractivity contribution in [3.8, 4) is 5.75 Å². The number of ether oxygens (including phenoxy) is 3. The minimum Gasteiger partial charge on any atom is -0.496 e. The van der Waals surface area contributed by atoms with E-state index in [0.29, 0.717) is 48.0 Å². The smallest absolute Gasteiger partial charge is 0.337 e. The summed E-state index contributed by atoms with van der Waals surface area (Å²) < 4.78 is 16.0. The van der Waals surface area contributed by atoms with Gasteiger partial charge in [-0.2, -0.15) is 0 Å². The van der Waals surface area contributed by atoms with Crippen LogP contribution in [0.15, 0.2) is 42.5 Å². The number of hydrogen-bond acceptors (Lipinski definition) is 6. The van der Waals surface area contributed by atoms with Gasteiger partial charge in [0.2, 0.25) is 5.79 Å². The van der Waals surface area contributed by atoms with Crippen LogP contribution in [0, 0.1) is 0 Å². The number of benzene rings is 2. The second kappa shape index (κ2) is 9.13. The van der Waals surface area contributed by atoms with Gasteiger partial charge in [-0.05, 0) is 43.2 Å². The number of rotatable bonds is 6. The van der Waals surface area contributed by atoms with Gasteiger partial charge in [-0.15, -0.1) is 0 Å². The largest absolute Gasteiger partial charge is 0.496 e. The summed E-state index contributed by atoms with van der Waals surface area (Å²) in [5.41, 5.74) is 2.06. The maximum Gasteiger partial charge on any atom is 0.337 e. The van der Waals surface area contributed by atoms with Crippen LogP contribution in [-0.4, -0.2) is 55.9 Å². The first-order valence-electron chi connectivity index (χ1n) is 9.48. The maximum atomic E-state index is 11.8. The van der Waals surface area contributed by atoms with Crippen molar-refractivity contribution in [3.05, 3.63) is 64.2 Å². The fourth-order valence-electron chi connectivity index (χ4n) is 3.62. The first-order valence-corrected chi connectivity index (χ1v) is 9.85. The zero-order chi connectivity index (χ0) is 21.0. The van der Waals surface area contributed by atoms with Crippen LogP contribution >= 0.6 is 11.6 Å². The highest BCUT2D eigenvalue weighted by Gasteiger charge is 2.38. The van der Waals surface area contributed by atoms with Crippen LogP contribution in [0.5, 0.6) is 5.75 Å². The van der Waals surface area contributed by atoms with Crippen LogP contribution in [0.1, 0.15) is 28.4 Å². The minimum atomic E-state index is -1.41. The Hall–Kier alpha value is -2.12. The molecule has 1 aliphatic rings. The number of carbonyl (C=O) groups is 1. The van der Waals surface area contributed by atoms with Crippen molar-refractivity contribution in [1.82, 2.24) is 4.90 Å². The molecule has 1 saturated heterocycles. The van der Waals surface area contributed by atoms with Gasteiger partial charge in [0.05, 0.1) is 32.9 Å². The number of methoxy groups -OCH3 is 2. The molecule has 3 rings (SSSR count). The molecule has 0 amide bonds. The summed E-state index contributed by atoms with van der Waals surface area (Å²) in [5.74, 6) is -1.17. The van der Waals surface area contributed by atoms with E-state index in [1.807, 2.05) is 12.1 Å². The highest BCUT2D eigenvalue weighted by Crippen LogP contribution is 2.31. The average molecular weight is 420 g/mol. The first-order chi connectivity index (χ1) is 13.9. The zero-order valence-electron chi connectivity index (χ0n) is 16.9. The lowest BCUT2D eigenvalue weighted by molar-refractivity contribution is -0.251. The van der Waals surface area contributed by atoms with Crippen molar-refractivity contribution in [2.45, 2.75) is 25.2 Å². The van der Waals surface area contributed by atoms with Crippen molar-refractivity contribution in [1.29, 1.82) is 0 Å². The van der Waals surface area contributed by atoms with E-state index in [1.54, 1.807) is 37.4 Å². The summed E-state index contributed by atoms with van der Waals surface area (Å²) in [4.78, 5) is 13.9. The molecule has 1 heterocycles. The van der Waals surface area contributed by atoms with Crippen LogP contribution < -0.4 is 4.74 Å². The number of hydrogen-bond donors (Lipinski definition) is 1. The van der Waals surface area contributed by atoms with E-state index in [9.17, 15) is 9.90 Å². The van der Waals surface area contributed by atoms with Crippen molar-refractivity contribution in [2.24, 2.45) is 0 Å². The Labute approximate surface area is 175 Å². The van der Waals surface area contributed by atoms with Crippen molar-refractivity contribution < 1.29 is 24.1 Å². The van der Waals surface area contributed by atoms with E-state index >= 15 is 0 Å². The molecule has 2 aromatic carbocycles. The fourth-order valence-corrected chi connectivity index (χ4v) is 3.81. The molecule has 0 saturated carbocycles. The molecule has 1 fully saturated rings. The third kappa shape index (κ3) is 4.90. The molecule has 0 aromatic heterocycles. The monoisotopic (exact) mass is 419 g/mol. The molecule has 6 nitrogen and oxygen atoms in total. The Morgan fingerprint density at radius 2 is 2.10 bits per heavy atom. The standard InChI is InChI=1S/C22H26ClNO5/c1-15(11-16-7-8-17(21(25)28-3)12-20(16)27-2)24-9-10-29-22(26,14-24)18-5-4-6-19(23)13-18/h4-8,12-13,15,26H,9-11,14H2,1-3H3. The van der Waals surface area contributed by atoms with Gasteiger partial charge in [0.15, 0.2) is 0 Å². The van der Waals surface area contributed by atoms with Gasteiger partial charge in [0.1, 0.15) is 5.75 Å². The SMILES string of the molecule is COC(=O)c1ccc(CC(C)N2CCOC(O)(c3cccc(Cl)c3)C2)c(OC)c1. The molecule has 0 bridgehead atoms. The third-order valence-corrected chi connectivity index (χ3v) is 5.49. The van der Waals surface area contributed by atoms with E-state index in [1.165, 1.54) is 7.11 Å². The van der Waals surface area contributed by atoms with Gasteiger partial charge in [-0.25, -0.2) is 4.79 Å². The second-order valence-corrected chi connectivity index (χ2v) is 7.62. The molecule has 29 heavy (non-hydrogen) atoms. The van der Waals surface area contributed by atoms with Crippen LogP contribution in [0.3, 0.4) is 0 Å². The molecule has 0 aliphatic carbocycles. The van der Waals surface area contributed by atoms with Gasteiger partial charge < -0.3 is 19.3 Å². The molecular formula is C22H26ClNO5. The number of aliphatic hydroxyl groups is 1. The lowest BCUT2D eigenvalue weighted by Gasteiger charge is -2.42. The van der Waals surface area contributed by atoms with E-state index in [4.69, 9.17) is 25.8 Å². The highest BCUT2D eigenvalue weighted by atomic mass is 35.5. The summed E-state index contributed by atoms with van der Waals surface area (Å²) in [6.07, 6.45) is 0.691. The predicted molar refractivity (Wildman–Crippen MR) is 110 cm³/mol. The molecule has 2 atom stereocenters. The summed E-state index contributed by atoms with van der Waals surface area (Å²) in [6.45, 7) is 3.53. The van der Waals surface area contributed by atoms with Crippen LogP contribution in [0.4, 0.5) is 0 Å². The fraction of sp³-hybridized carbons (Fsp3) is 0.409. The van der Waals surface area contributed by atoms with Crippen LogP contribution in [-0.2, 0) is 21.7 Å². The second-order valence-electron chi connectivity index (χ2n) is 7.19. The Balaban J connectivity index is 1.75. The molecule has 1 aliphatic heterocycles. The van der Waals surface area contributed by atoms with Crippen molar-refractivity contribution in [2.75, 3.05) is 33.9 Å². The van der Waals surface area contributed by atoms with Crippen molar-refractivity contribution in [3.63, 3.8) is 0 Å². The van der Waals surface area contributed by atoms with E-state index in [0.717, 1.165) is 5.56 Å². The number of esters is 1. The Morgan fingerprint density at radius 1 is 1.31 bits per heavy atom. The lowest BCUT2D eigenvalue weighted by atomic mass is 9.99. The molecule has 2 aromatic rings. The Kier molecular flexibility index (Phi) is 6.80. The normalized spacial score (nSPS) is 20.9. The molecule has 7 heteroatoms. The Morgan fingerprint density at radius 3 is 2.79 bits per heavy atom. The van der Waals surface area contributed by atoms with Gasteiger partial charge >= 0.3 is 5.97 Å². The number of β-amino-alcohol motifs (C(OH)–C–C–N with tert-alkyl or cyclic N) is 1. The number of carbonyl (C=O) groups excluding carboxylic acids is 1. The summed E-state index contributed by atoms with van der Waals surface area (Å²) in [5, 5.41) is 11.6. The van der Waals surface area contributed by atoms with Crippen LogP contribution in [0.25, 0.3) is 0 Å². The zero-order valence-corrected chi connectivity index (χ0v) is 17.6. The molecular weight excluding hydrogens is 394 g/mol. The molecule has 0 radical (unpaired) electrons. The number of morpholine rings is 1. The highest BCUT2D eigenvalue weighted by molar-refractivity contribution is 6.30. The first kappa shape index (κ1) is 21.6. The predicted octanol–water partition coefficient (Wildman–Crippen LogP) is 3.24. The average Bonchev–Trinajstić information content (AvgIpc) is 2.73. The number of nitrogens with zero attached hydrogens (tertiary/aromatic N) is 1. The molecule has 0 spiro atoms. The topological polar surface area (TPSA) is 68.2 Å². The summed E-state index contributed by atoms with van der Waals surface area (Å²) >= 11 is 6.08. The quantitative estimate of drug-likeness (QED) is 0.725. The molecule has 2 unspecified atom stereocenters. The summed E-state index contributed by atoms with van der Waals surface area (Å²) in [7, 11) is 2.93. The van der Waals surface area contributed by atoms with E-state index in [-0.39, 0.29) is 6.04 Å². The van der Waals surface area contributed by atoms with E-state index < -0.39 is 11.8 Å². The van der Waals surface area contributed by atoms with Crippen LogP contribution in [0.2, 0.25) is 5.02 Å². The third-order valence-electron chi connectivity index (χ3n) is 5.26. The molecule has 156 valence electrons. The van der Waals surface area contributed by atoms with Crippen molar-refractivity contribution >= 4 is 17.6 Å². The maximum absolute atomic E-state index is 11.8. The van der Waals surface area contributed by atoms with Gasteiger partial charge in [-0.1, -0.05) is 29.8 Å². The summed E-state index contributed by atoms with van der Waals surface area (Å²) in [6, 6.07) is 12.5. The van der Waals surface area contributed by atoms with Gasteiger partial charge in [0, 0.05) is 23.2 Å². The minimum absolute atomic E-state index is 0.113. The van der Waals surface area contributed by atoms with Gasteiger partial charge in [0.25, 0.3) is 0 Å². The van der Waals surface area contributed by atoms with E-state index in [2.05, 4.69) is 11.8 Å². The lowest BCUT2D eigenvalue weighted by Crippen LogP contribution is -2.53. The molecule has 1 N–H and O–H groups in total. The Bertz CT molecular complexity index is 874. The number of halogens is 1. The van der Waals surface area contributed by atoms with Gasteiger partial charge in [-0.3, -0.25) is 4.90 Å².